The summed E-state index contributed by atoms with van der Waals surface area (Å²) in [7, 11) is 0. The fourth-order valence-corrected chi connectivity index (χ4v) is 3.38. The Kier molecular flexibility index (Phi) is 4.06. The second-order valence-electron chi connectivity index (χ2n) is 6.46. The molecule has 2 aliphatic rings. The predicted molar refractivity (Wildman–Crippen MR) is 97.2 cm³/mol. The maximum absolute atomic E-state index is 9.81. The Morgan fingerprint density at radius 3 is 2.81 bits per heavy atom. The van der Waals surface area contributed by atoms with Crippen LogP contribution >= 0.6 is 0 Å². The first kappa shape index (κ1) is 16.5. The van der Waals surface area contributed by atoms with Gasteiger partial charge in [-0.25, -0.2) is 4.98 Å². The van der Waals surface area contributed by atoms with E-state index < -0.39 is 5.41 Å². The van der Waals surface area contributed by atoms with Crippen LogP contribution in [0.4, 0.5) is 5.82 Å². The SMILES string of the molecule is N#CC1(c2cc(N3CCOCC3)nc3c2cnn3C(=N)/C=C\N)CNC1. The summed E-state index contributed by atoms with van der Waals surface area (Å²) in [5.41, 5.74) is 6.29. The number of nitrogens with two attached hydrogens (primary N) is 1. The lowest BCUT2D eigenvalue weighted by Gasteiger charge is -2.38. The molecule has 0 saturated carbocycles. The molecule has 4 N–H and O–H groups in total. The molecule has 0 aromatic carbocycles. The van der Waals surface area contributed by atoms with E-state index in [4.69, 9.17) is 20.9 Å². The lowest BCUT2D eigenvalue weighted by molar-refractivity contribution is 0.122. The molecule has 0 radical (unpaired) electrons. The zero-order valence-corrected chi connectivity index (χ0v) is 14.3. The fraction of sp³-hybridized carbons (Fsp3) is 0.412. The predicted octanol–water partition coefficient (Wildman–Crippen LogP) is -0.0697. The number of nitrogens with zero attached hydrogens (tertiary/aromatic N) is 5. The van der Waals surface area contributed by atoms with E-state index in [2.05, 4.69) is 21.4 Å². The number of ether oxygens (including phenoxy) is 1. The smallest absolute Gasteiger partial charge is 0.167 e. The summed E-state index contributed by atoms with van der Waals surface area (Å²) in [6.45, 7) is 3.96. The first-order valence-corrected chi connectivity index (χ1v) is 8.50. The molecule has 0 unspecified atom stereocenters. The lowest BCUT2D eigenvalue weighted by Crippen LogP contribution is -2.56. The molecule has 0 bridgehead atoms. The molecule has 2 aliphatic heterocycles. The molecule has 0 aliphatic carbocycles. The van der Waals surface area contributed by atoms with Gasteiger partial charge in [0, 0.05) is 31.6 Å². The molecule has 9 nitrogen and oxygen atoms in total. The van der Waals surface area contributed by atoms with Gasteiger partial charge in [-0.05, 0) is 23.9 Å². The van der Waals surface area contributed by atoms with Gasteiger partial charge < -0.3 is 20.7 Å². The molecule has 2 aromatic heterocycles. The van der Waals surface area contributed by atoms with Gasteiger partial charge in [0.25, 0.3) is 0 Å². The number of hydrogen-bond donors (Lipinski definition) is 3. The van der Waals surface area contributed by atoms with Gasteiger partial charge in [0.2, 0.25) is 0 Å². The Morgan fingerprint density at radius 2 is 2.19 bits per heavy atom. The van der Waals surface area contributed by atoms with E-state index in [1.807, 2.05) is 6.07 Å². The van der Waals surface area contributed by atoms with Gasteiger partial charge in [-0.15, -0.1) is 0 Å². The minimum Gasteiger partial charge on any atom is -0.404 e. The van der Waals surface area contributed by atoms with Crippen LogP contribution < -0.4 is 16.0 Å². The van der Waals surface area contributed by atoms with Crippen molar-refractivity contribution >= 4 is 22.7 Å². The highest BCUT2D eigenvalue weighted by molar-refractivity contribution is 5.98. The van der Waals surface area contributed by atoms with Gasteiger partial charge in [0.15, 0.2) is 5.65 Å². The number of nitriles is 1. The Hall–Kier alpha value is -2.96. The van der Waals surface area contributed by atoms with Crippen molar-refractivity contribution in [3.05, 3.63) is 30.1 Å². The maximum atomic E-state index is 9.81. The number of hydrogen-bond acceptors (Lipinski definition) is 8. The van der Waals surface area contributed by atoms with Crippen LogP contribution in [0.15, 0.2) is 24.5 Å². The normalized spacial score (nSPS) is 19.4. The quantitative estimate of drug-likeness (QED) is 0.521. The summed E-state index contributed by atoms with van der Waals surface area (Å²) < 4.78 is 6.88. The maximum Gasteiger partial charge on any atom is 0.167 e. The molecule has 2 saturated heterocycles. The van der Waals surface area contributed by atoms with Crippen molar-refractivity contribution in [1.29, 1.82) is 10.7 Å². The van der Waals surface area contributed by atoms with E-state index in [0.717, 1.165) is 29.9 Å². The molecule has 134 valence electrons. The van der Waals surface area contributed by atoms with Gasteiger partial charge in [-0.2, -0.15) is 15.0 Å². The molecule has 0 spiro atoms. The minimum atomic E-state index is -0.595. The van der Waals surface area contributed by atoms with Crippen LogP contribution in [0.2, 0.25) is 0 Å². The summed E-state index contributed by atoms with van der Waals surface area (Å²) in [6.07, 6.45) is 4.44. The summed E-state index contributed by atoms with van der Waals surface area (Å²) in [5, 5.41) is 26.3. The minimum absolute atomic E-state index is 0.123. The highest BCUT2D eigenvalue weighted by Crippen LogP contribution is 2.35. The van der Waals surface area contributed by atoms with E-state index in [9.17, 15) is 5.26 Å². The van der Waals surface area contributed by atoms with E-state index in [-0.39, 0.29) is 5.84 Å². The van der Waals surface area contributed by atoms with E-state index in [1.54, 1.807) is 6.20 Å². The highest BCUT2D eigenvalue weighted by atomic mass is 16.5. The lowest BCUT2D eigenvalue weighted by atomic mass is 9.76. The summed E-state index contributed by atoms with van der Waals surface area (Å²) >= 11 is 0. The molecule has 9 heteroatoms. The van der Waals surface area contributed by atoms with Crippen molar-refractivity contribution in [3.63, 3.8) is 0 Å². The Labute approximate surface area is 150 Å². The van der Waals surface area contributed by atoms with Crippen LogP contribution in [0.5, 0.6) is 0 Å². The van der Waals surface area contributed by atoms with Crippen molar-refractivity contribution in [2.75, 3.05) is 44.3 Å². The zero-order valence-electron chi connectivity index (χ0n) is 14.3. The first-order chi connectivity index (χ1) is 12.7. The van der Waals surface area contributed by atoms with Crippen LogP contribution in [-0.4, -0.2) is 60.0 Å². The summed E-state index contributed by atoms with van der Waals surface area (Å²) in [5.74, 6) is 0.904. The second kappa shape index (κ2) is 6.40. The largest absolute Gasteiger partial charge is 0.404 e. The van der Waals surface area contributed by atoms with E-state index >= 15 is 0 Å². The summed E-state index contributed by atoms with van der Waals surface area (Å²) in [4.78, 5) is 6.90. The molecule has 4 heterocycles. The number of anilines is 1. The number of aromatic nitrogens is 3. The van der Waals surface area contributed by atoms with Gasteiger partial charge in [0.1, 0.15) is 17.1 Å². The average molecular weight is 352 g/mol. The third kappa shape index (κ3) is 2.51. The Balaban J connectivity index is 1.91. The van der Waals surface area contributed by atoms with Crippen LogP contribution in [-0.2, 0) is 10.2 Å². The number of pyridine rings is 1. The fourth-order valence-electron chi connectivity index (χ4n) is 3.38. The molecule has 26 heavy (non-hydrogen) atoms. The van der Waals surface area contributed by atoms with Crippen molar-refractivity contribution in [3.8, 4) is 6.07 Å². The van der Waals surface area contributed by atoms with Crippen molar-refractivity contribution < 1.29 is 4.74 Å². The Morgan fingerprint density at radius 1 is 1.42 bits per heavy atom. The second-order valence-corrected chi connectivity index (χ2v) is 6.46. The number of nitrogens with one attached hydrogen (secondary N) is 2. The number of rotatable bonds is 3. The van der Waals surface area contributed by atoms with Crippen molar-refractivity contribution in [1.82, 2.24) is 20.1 Å². The third-order valence-corrected chi connectivity index (χ3v) is 4.93. The van der Waals surface area contributed by atoms with Crippen molar-refractivity contribution in [2.24, 2.45) is 5.73 Å². The molecule has 2 fully saturated rings. The van der Waals surface area contributed by atoms with Crippen LogP contribution in [0.25, 0.3) is 11.0 Å². The molecule has 2 aromatic rings. The van der Waals surface area contributed by atoms with Crippen LogP contribution in [0.3, 0.4) is 0 Å². The van der Waals surface area contributed by atoms with Crippen LogP contribution in [0.1, 0.15) is 5.56 Å². The van der Waals surface area contributed by atoms with Gasteiger partial charge in [0.05, 0.1) is 25.5 Å². The molecule has 4 rings (SSSR count). The number of morpholine rings is 1. The summed E-state index contributed by atoms with van der Waals surface area (Å²) in [6, 6.07) is 4.45. The first-order valence-electron chi connectivity index (χ1n) is 8.50. The standard InChI is InChI=1S/C17H20N8O/c18-2-1-14(20)25-16-12(8-22-25)13(17(9-19)10-21-11-17)7-15(23-16)24-3-5-26-6-4-24/h1-2,7-8,20-21H,3-6,10-11,18H2/b2-1-,20-14?. The number of fused-ring (bicyclic) bond motifs is 1. The van der Waals surface area contributed by atoms with Crippen LogP contribution in [0, 0.1) is 16.7 Å². The topological polar surface area (TPSA) is 129 Å². The number of allylic oxidation sites excluding steroid dienone is 1. The molecular formula is C17H20N8O. The van der Waals surface area contributed by atoms with E-state index in [1.165, 1.54) is 17.0 Å². The van der Waals surface area contributed by atoms with Crippen molar-refractivity contribution in [2.45, 2.75) is 5.41 Å². The molecule has 0 atom stereocenters. The third-order valence-electron chi connectivity index (χ3n) is 4.93. The monoisotopic (exact) mass is 352 g/mol. The zero-order chi connectivity index (χ0) is 18.1. The molecule has 0 amide bonds. The van der Waals surface area contributed by atoms with Gasteiger partial charge in [-0.1, -0.05) is 0 Å². The van der Waals surface area contributed by atoms with Gasteiger partial charge in [-0.3, -0.25) is 5.41 Å². The molecular weight excluding hydrogens is 332 g/mol. The highest BCUT2D eigenvalue weighted by Gasteiger charge is 2.41. The average Bonchev–Trinajstić information content (AvgIpc) is 3.06. The van der Waals surface area contributed by atoms with Gasteiger partial charge >= 0.3 is 0 Å². The Bertz CT molecular complexity index is 915. The van der Waals surface area contributed by atoms with E-state index in [0.29, 0.717) is 32.0 Å².